The lowest BCUT2D eigenvalue weighted by Crippen LogP contribution is -2.61. The molecule has 56 heavy (non-hydrogen) atoms. The van der Waals surface area contributed by atoms with Crippen LogP contribution < -0.4 is 31.6 Å². The van der Waals surface area contributed by atoms with E-state index in [4.69, 9.17) is 16.2 Å². The first-order valence-corrected chi connectivity index (χ1v) is 20.6. The molecule has 2 aromatic carbocycles. The molecule has 16 nitrogen and oxygen atoms in total. The maximum absolute atomic E-state index is 13.1. The summed E-state index contributed by atoms with van der Waals surface area (Å²) in [4.78, 5) is 42.3. The number of nitrogens with two attached hydrogens (primary N) is 2. The van der Waals surface area contributed by atoms with Crippen molar-refractivity contribution in [1.29, 1.82) is 0 Å². The van der Waals surface area contributed by atoms with Crippen LogP contribution in [0.2, 0.25) is 0 Å². The van der Waals surface area contributed by atoms with Crippen LogP contribution in [-0.2, 0) is 16.4 Å². The van der Waals surface area contributed by atoms with Gasteiger partial charge in [0.25, 0.3) is 11.8 Å². The smallest absolute Gasteiger partial charge is 0.410 e. The minimum absolute atomic E-state index is 0.0348. The third-order valence-corrected chi connectivity index (χ3v) is 13.3. The van der Waals surface area contributed by atoms with E-state index in [9.17, 15) is 22.8 Å². The fourth-order valence-electron chi connectivity index (χ4n) is 6.23. The number of nitrogens with zero attached hydrogens (tertiary/aromatic N) is 5. The molecule has 1 fully saturated rings. The summed E-state index contributed by atoms with van der Waals surface area (Å²) < 4.78 is 34.3. The number of thiophene rings is 2. The molecule has 290 valence electrons. The zero-order chi connectivity index (χ0) is 39.9. The number of aryl methyl sites for hydroxylation is 4. The summed E-state index contributed by atoms with van der Waals surface area (Å²) >= 11 is 2.32. The third-order valence-electron chi connectivity index (χ3n) is 9.66. The van der Waals surface area contributed by atoms with Gasteiger partial charge in [0.05, 0.1) is 33.7 Å². The molecule has 0 saturated carbocycles. The predicted octanol–water partition coefficient (Wildman–Crippen LogP) is 4.01. The lowest BCUT2D eigenvalue weighted by atomic mass is 10.0. The number of nitrogen functional groups attached to an aromatic ring is 2. The highest BCUT2D eigenvalue weighted by Gasteiger charge is 2.34. The number of amides is 3. The highest BCUT2D eigenvalue weighted by molar-refractivity contribution is 7.89. The topological polar surface area (TPSA) is 238 Å². The Hall–Kier alpha value is -5.76. The Kier molecular flexibility index (Phi) is 10.6. The van der Waals surface area contributed by atoms with Gasteiger partial charge < -0.3 is 31.7 Å². The fraction of sp³-hybridized carbons (Fsp3) is 0.270. The molecule has 1 aliphatic heterocycles. The highest BCUT2D eigenvalue weighted by Crippen LogP contribution is 2.36. The Bertz CT molecular complexity index is 2640. The first kappa shape index (κ1) is 38.5. The van der Waals surface area contributed by atoms with Gasteiger partial charge in [-0.2, -0.15) is 10.2 Å². The Morgan fingerprint density at radius 2 is 1.38 bits per heavy atom. The summed E-state index contributed by atoms with van der Waals surface area (Å²) in [5.41, 5.74) is 18.0. The number of rotatable bonds is 11. The summed E-state index contributed by atoms with van der Waals surface area (Å²) in [6, 6.07) is 13.2. The molecule has 19 heteroatoms. The minimum atomic E-state index is -3.88. The number of hydrogen-bond donors (Lipinski definition) is 5. The van der Waals surface area contributed by atoms with E-state index in [0.717, 1.165) is 50.4 Å². The number of likely N-dealkylation sites (tertiary alicyclic amines) is 1. The molecule has 0 spiro atoms. The Morgan fingerprint density at radius 3 is 1.98 bits per heavy atom. The second-order valence-electron chi connectivity index (χ2n) is 13.4. The largest absolute Gasteiger partial charge is 0.415 e. The molecule has 1 aliphatic rings. The number of aromatic nitrogens is 4. The quantitative estimate of drug-likeness (QED) is 0.117. The van der Waals surface area contributed by atoms with E-state index in [2.05, 4.69) is 35.8 Å². The Balaban J connectivity index is 0.891. The lowest BCUT2D eigenvalue weighted by Gasteiger charge is -2.38. The number of fused-ring (bicyclic) bond motifs is 2. The van der Waals surface area contributed by atoms with Gasteiger partial charge in [-0.1, -0.05) is 30.3 Å². The van der Waals surface area contributed by atoms with Crippen molar-refractivity contribution in [3.8, 4) is 5.75 Å². The molecule has 7 rings (SSSR count). The number of sulfonamides is 1. The SMILES string of the molecule is Cc1nnc2sc(C(=O)NCCNS(=O)(=O)c3ccc(Cc4ccccc4OC(=O)N4CC(NC(=O)c5sc6nnc(C)c(C)c6c5N)C4)cc3)c(N)c2c1C. The number of anilines is 2. The first-order chi connectivity index (χ1) is 26.7. The Morgan fingerprint density at radius 1 is 0.804 bits per heavy atom. The van der Waals surface area contributed by atoms with Gasteiger partial charge in [-0.15, -0.1) is 32.9 Å². The van der Waals surface area contributed by atoms with Crippen molar-refractivity contribution >= 4 is 82.4 Å². The van der Waals surface area contributed by atoms with Gasteiger partial charge in [-0.05, 0) is 68.1 Å². The summed E-state index contributed by atoms with van der Waals surface area (Å²) in [5.74, 6) is -0.392. The molecule has 1 saturated heterocycles. The van der Waals surface area contributed by atoms with Crippen molar-refractivity contribution in [3.05, 3.63) is 91.9 Å². The summed E-state index contributed by atoms with van der Waals surface area (Å²) in [7, 11) is -3.88. The molecule has 6 aromatic rings. The van der Waals surface area contributed by atoms with Crippen LogP contribution in [0.1, 0.15) is 53.0 Å². The van der Waals surface area contributed by atoms with Crippen LogP contribution in [0, 0.1) is 27.7 Å². The molecule has 0 atom stereocenters. The molecular formula is C37H38N10O6S3. The van der Waals surface area contributed by atoms with Crippen LogP contribution in [0.5, 0.6) is 5.75 Å². The van der Waals surface area contributed by atoms with E-state index < -0.39 is 22.0 Å². The molecule has 7 N–H and O–H groups in total. The number of nitrogens with one attached hydrogen (secondary N) is 3. The van der Waals surface area contributed by atoms with E-state index in [-0.39, 0.29) is 43.0 Å². The standard InChI is InChI=1S/C37H38N10O6S3/c1-18-20(3)43-45-35-27(18)29(38)31(54-35)33(48)40-13-14-41-56(51,52)25-11-9-22(10-12-25)15-23-7-5-6-8-26(23)53-37(50)47-16-24(17-47)42-34(49)32-30(39)28-19(2)21(4)44-46-36(28)55-32/h5-12,24,41H,13-17,38-39H2,1-4H3,(H,40,48)(H,42,49). The molecule has 0 unspecified atom stereocenters. The minimum Gasteiger partial charge on any atom is -0.410 e. The third kappa shape index (κ3) is 7.57. The van der Waals surface area contributed by atoms with E-state index in [1.807, 2.05) is 39.8 Å². The first-order valence-electron chi connectivity index (χ1n) is 17.5. The highest BCUT2D eigenvalue weighted by atomic mass is 32.2. The maximum Gasteiger partial charge on any atom is 0.415 e. The Labute approximate surface area is 329 Å². The van der Waals surface area contributed by atoms with Gasteiger partial charge in [0, 0.05) is 43.4 Å². The normalized spacial score (nSPS) is 13.2. The van der Waals surface area contributed by atoms with Crippen molar-refractivity contribution in [3.63, 3.8) is 0 Å². The van der Waals surface area contributed by atoms with Crippen molar-refractivity contribution in [2.45, 2.75) is 45.1 Å². The number of carbonyl (C=O) groups excluding carboxylic acids is 3. The molecule has 4 aromatic heterocycles. The second-order valence-corrected chi connectivity index (χ2v) is 17.2. The monoisotopic (exact) mass is 814 g/mol. The van der Waals surface area contributed by atoms with Crippen LogP contribution >= 0.6 is 22.7 Å². The number of ether oxygens (including phenoxy) is 1. The predicted molar refractivity (Wildman–Crippen MR) is 215 cm³/mol. The average molecular weight is 815 g/mol. The van der Waals surface area contributed by atoms with E-state index in [0.29, 0.717) is 48.3 Å². The van der Waals surface area contributed by atoms with Crippen molar-refractivity contribution < 1.29 is 27.5 Å². The second kappa shape index (κ2) is 15.4. The van der Waals surface area contributed by atoms with Gasteiger partial charge in [0.2, 0.25) is 10.0 Å². The summed E-state index contributed by atoms with van der Waals surface area (Å²) in [6.45, 7) is 7.94. The number of hydrogen-bond acceptors (Lipinski definition) is 14. The summed E-state index contributed by atoms with van der Waals surface area (Å²) in [6.07, 6.45) is -0.186. The van der Waals surface area contributed by atoms with E-state index in [1.165, 1.54) is 28.4 Å². The lowest BCUT2D eigenvalue weighted by molar-refractivity contribution is 0.0792. The fourth-order valence-corrected chi connectivity index (χ4v) is 9.28. The zero-order valence-corrected chi connectivity index (χ0v) is 33.2. The number of benzene rings is 2. The number of para-hydroxylation sites is 1. The molecule has 3 amide bonds. The van der Waals surface area contributed by atoms with E-state index >= 15 is 0 Å². The zero-order valence-electron chi connectivity index (χ0n) is 30.8. The maximum atomic E-state index is 13.1. The van der Waals surface area contributed by atoms with Gasteiger partial charge in [0.1, 0.15) is 25.2 Å². The van der Waals surface area contributed by atoms with Crippen molar-refractivity contribution in [2.75, 3.05) is 37.6 Å². The number of carbonyl (C=O) groups is 3. The summed E-state index contributed by atoms with van der Waals surface area (Å²) in [5, 5.41) is 23.6. The van der Waals surface area contributed by atoms with Gasteiger partial charge in [-0.25, -0.2) is 17.9 Å². The van der Waals surface area contributed by atoms with Crippen LogP contribution in [0.4, 0.5) is 16.2 Å². The van der Waals surface area contributed by atoms with Crippen molar-refractivity contribution in [1.82, 2.24) is 40.7 Å². The van der Waals surface area contributed by atoms with Crippen LogP contribution in [0.3, 0.4) is 0 Å². The van der Waals surface area contributed by atoms with E-state index in [1.54, 1.807) is 24.3 Å². The van der Waals surface area contributed by atoms with Gasteiger partial charge in [0.15, 0.2) is 0 Å². The molecule has 0 aliphatic carbocycles. The van der Waals surface area contributed by atoms with Crippen LogP contribution in [0.25, 0.3) is 20.4 Å². The van der Waals surface area contributed by atoms with Crippen LogP contribution in [0.15, 0.2) is 53.4 Å². The van der Waals surface area contributed by atoms with Gasteiger partial charge in [-0.3, -0.25) is 9.59 Å². The molecule has 0 radical (unpaired) electrons. The molecule has 5 heterocycles. The molecular weight excluding hydrogens is 777 g/mol. The average Bonchev–Trinajstić information content (AvgIpc) is 3.68. The van der Waals surface area contributed by atoms with Crippen molar-refractivity contribution in [2.24, 2.45) is 0 Å². The van der Waals surface area contributed by atoms with Crippen LogP contribution in [-0.4, -0.2) is 83.8 Å². The van der Waals surface area contributed by atoms with Gasteiger partial charge >= 0.3 is 6.09 Å². The molecule has 0 bridgehead atoms.